The van der Waals surface area contributed by atoms with Gasteiger partial charge in [-0.2, -0.15) is 0 Å². The first-order chi connectivity index (χ1) is 19.8. The molecule has 3 aromatic rings. The molecule has 1 aromatic heterocycles. The lowest BCUT2D eigenvalue weighted by Gasteiger charge is -2.42. The van der Waals surface area contributed by atoms with Crippen LogP contribution in [-0.4, -0.2) is 40.1 Å². The quantitative estimate of drug-likeness (QED) is 0.159. The van der Waals surface area contributed by atoms with Gasteiger partial charge in [-0.3, -0.25) is 14.5 Å². The molecule has 0 radical (unpaired) electrons. The highest BCUT2D eigenvalue weighted by atomic mass is 32.1. The number of nitrogens with zero attached hydrogens (tertiary/aromatic N) is 1. The van der Waals surface area contributed by atoms with Crippen molar-refractivity contribution < 1.29 is 28.8 Å². The van der Waals surface area contributed by atoms with E-state index in [-0.39, 0.29) is 30.6 Å². The fourth-order valence-corrected chi connectivity index (χ4v) is 7.45. The van der Waals surface area contributed by atoms with E-state index in [0.29, 0.717) is 24.8 Å². The predicted octanol–water partition coefficient (Wildman–Crippen LogP) is 5.93. The molecule has 3 heterocycles. The van der Waals surface area contributed by atoms with Crippen molar-refractivity contribution in [3.05, 3.63) is 99.0 Å². The average molecular weight is 571 g/mol. The Balaban J connectivity index is 1.27. The summed E-state index contributed by atoms with van der Waals surface area (Å²) in [5, 5.41) is 22.3. The van der Waals surface area contributed by atoms with Crippen molar-refractivity contribution in [3.8, 4) is 5.75 Å². The molecule has 2 aromatic carbocycles. The summed E-state index contributed by atoms with van der Waals surface area (Å²) in [6.07, 6.45) is 3.38. The summed E-state index contributed by atoms with van der Waals surface area (Å²) in [6, 6.07) is 17.9. The Kier molecular flexibility index (Phi) is 7.68. The Labute approximate surface area is 242 Å². The number of amides is 2. The van der Waals surface area contributed by atoms with Gasteiger partial charge in [-0.15, -0.1) is 11.3 Å². The average Bonchev–Trinajstić information content (AvgIpc) is 3.56. The first-order valence-electron chi connectivity index (χ1n) is 14.0. The molecule has 0 spiro atoms. The Bertz CT molecular complexity index is 1520. The molecule has 2 N–H and O–H groups in total. The minimum Gasteiger partial charge on any atom is -0.505 e. The lowest BCUT2D eigenvalue weighted by molar-refractivity contribution is -0.140. The van der Waals surface area contributed by atoms with Gasteiger partial charge in [-0.05, 0) is 84.3 Å². The van der Waals surface area contributed by atoms with Crippen LogP contribution in [0.4, 0.5) is 4.39 Å². The van der Waals surface area contributed by atoms with Crippen LogP contribution in [0.5, 0.6) is 5.75 Å². The van der Waals surface area contributed by atoms with Crippen LogP contribution in [0.15, 0.2) is 77.2 Å². The summed E-state index contributed by atoms with van der Waals surface area (Å²) in [7, 11) is -1.04. The van der Waals surface area contributed by atoms with Crippen LogP contribution in [0, 0.1) is 23.6 Å². The molecular formula is C32H31BFNO5S. The topological polar surface area (TPSA) is 87.1 Å². The molecule has 3 aliphatic rings. The Morgan fingerprint density at radius 2 is 1.93 bits per heavy atom. The van der Waals surface area contributed by atoms with Crippen LogP contribution in [0.2, 0.25) is 6.32 Å². The Morgan fingerprint density at radius 1 is 1.12 bits per heavy atom. The van der Waals surface area contributed by atoms with Gasteiger partial charge >= 0.3 is 7.12 Å². The van der Waals surface area contributed by atoms with E-state index >= 15 is 0 Å². The number of phenols is 1. The second kappa shape index (κ2) is 11.4. The van der Waals surface area contributed by atoms with Gasteiger partial charge in [0.15, 0.2) is 11.6 Å². The van der Waals surface area contributed by atoms with Crippen LogP contribution >= 0.6 is 11.3 Å². The number of hydrogen-bond acceptors (Lipinski definition) is 6. The first kappa shape index (κ1) is 27.6. The van der Waals surface area contributed by atoms with Gasteiger partial charge in [0.2, 0.25) is 11.8 Å². The number of likely N-dealkylation sites (tertiary alicyclic amines) is 1. The van der Waals surface area contributed by atoms with Crippen molar-refractivity contribution in [2.24, 2.45) is 17.8 Å². The number of thiophene rings is 1. The highest BCUT2D eigenvalue weighted by Gasteiger charge is 2.56. The minimum atomic E-state index is -1.04. The first-order valence-corrected chi connectivity index (χ1v) is 14.8. The van der Waals surface area contributed by atoms with Crippen LogP contribution in [-0.2, 0) is 20.8 Å². The Morgan fingerprint density at radius 3 is 2.66 bits per heavy atom. The second-order valence-electron chi connectivity index (χ2n) is 11.1. The number of carbonyl (C=O) groups excluding carboxylic acids is 2. The normalized spacial score (nSPS) is 24.6. The van der Waals surface area contributed by atoms with Crippen molar-refractivity contribution in [1.29, 1.82) is 0 Å². The van der Waals surface area contributed by atoms with E-state index in [9.17, 15) is 24.1 Å². The molecule has 9 heteroatoms. The van der Waals surface area contributed by atoms with E-state index in [1.165, 1.54) is 28.4 Å². The minimum absolute atomic E-state index is 0.125. The number of phenolic OH excluding ortho intramolecular Hbond substituents is 1. The summed E-state index contributed by atoms with van der Waals surface area (Å²) in [5.74, 6) is -2.53. The summed E-state index contributed by atoms with van der Waals surface area (Å²) in [4.78, 5) is 29.4. The van der Waals surface area contributed by atoms with Crippen molar-refractivity contribution >= 4 is 41.9 Å². The van der Waals surface area contributed by atoms with E-state index in [2.05, 4.69) is 0 Å². The van der Waals surface area contributed by atoms with Gasteiger partial charge in [0.1, 0.15) is 0 Å². The third-order valence-corrected chi connectivity index (χ3v) is 9.43. The van der Waals surface area contributed by atoms with Gasteiger partial charge in [0.25, 0.3) is 0 Å². The number of rotatable bonds is 7. The van der Waals surface area contributed by atoms with Gasteiger partial charge in [0, 0.05) is 4.88 Å². The molecule has 41 heavy (non-hydrogen) atoms. The van der Waals surface area contributed by atoms with Crippen molar-refractivity contribution in [3.63, 3.8) is 0 Å². The molecule has 0 saturated carbocycles. The van der Waals surface area contributed by atoms with Gasteiger partial charge in [0.05, 0.1) is 24.5 Å². The molecule has 1 aliphatic carbocycles. The number of benzene rings is 2. The smallest absolute Gasteiger partial charge is 0.455 e. The largest absolute Gasteiger partial charge is 0.505 e. The highest BCUT2D eigenvalue weighted by Crippen LogP contribution is 2.51. The maximum atomic E-state index is 14.1. The molecule has 2 aliphatic heterocycles. The maximum Gasteiger partial charge on any atom is 0.455 e. The van der Waals surface area contributed by atoms with Crippen molar-refractivity contribution in [2.45, 2.75) is 45.2 Å². The van der Waals surface area contributed by atoms with Crippen LogP contribution < -0.4 is 0 Å². The molecule has 6 rings (SSSR count). The molecule has 2 amide bonds. The van der Waals surface area contributed by atoms with Crippen LogP contribution in [0.25, 0.3) is 11.6 Å². The standard InChI is InChI=1S/C32H31BFNO5S/c1-19-14-24-30(32(38)35(31(24)37)18-23-8-5-13-41-23)25-17-33(39)40-28(29(19)25)12-10-22(21-6-3-2-4-7-21)15-20-9-11-27(36)26(34)16-20/h2-9,11,13,15-16,24-25,28,30,36,39H,10,12,14,17-18H2,1H3/b22-15-/t24-,25+,28-,30-/m1/s1. The van der Waals surface area contributed by atoms with Crippen LogP contribution in [0.1, 0.15) is 42.2 Å². The number of fused-ring (bicyclic) bond motifs is 3. The molecule has 4 atom stereocenters. The fraction of sp³-hybridized carbons (Fsp3) is 0.312. The van der Waals surface area contributed by atoms with Gasteiger partial charge < -0.3 is 14.8 Å². The van der Waals surface area contributed by atoms with Gasteiger partial charge in [-0.25, -0.2) is 4.39 Å². The van der Waals surface area contributed by atoms with E-state index in [1.807, 2.05) is 60.8 Å². The number of imide groups is 1. The molecule has 2 fully saturated rings. The Hall–Kier alpha value is -3.53. The molecule has 2 saturated heterocycles. The number of halogens is 1. The third-order valence-electron chi connectivity index (χ3n) is 8.57. The zero-order chi connectivity index (χ0) is 28.7. The van der Waals surface area contributed by atoms with Crippen molar-refractivity contribution in [2.75, 3.05) is 0 Å². The molecule has 0 bridgehead atoms. The summed E-state index contributed by atoms with van der Waals surface area (Å²) < 4.78 is 20.2. The van der Waals surface area contributed by atoms with Crippen LogP contribution in [0.3, 0.4) is 0 Å². The molecule has 0 unspecified atom stereocenters. The number of hydrogen-bond donors (Lipinski definition) is 2. The zero-order valence-electron chi connectivity index (χ0n) is 22.7. The molecular weight excluding hydrogens is 540 g/mol. The zero-order valence-corrected chi connectivity index (χ0v) is 23.5. The monoisotopic (exact) mass is 571 g/mol. The number of aromatic hydroxyl groups is 1. The molecule has 6 nitrogen and oxygen atoms in total. The maximum absolute atomic E-state index is 14.1. The van der Waals surface area contributed by atoms with E-state index < -0.39 is 36.6 Å². The highest BCUT2D eigenvalue weighted by molar-refractivity contribution is 7.09. The summed E-state index contributed by atoms with van der Waals surface area (Å²) in [5.41, 5.74) is 4.64. The third kappa shape index (κ3) is 5.42. The predicted molar refractivity (Wildman–Crippen MR) is 157 cm³/mol. The second-order valence-corrected chi connectivity index (χ2v) is 12.2. The lowest BCUT2D eigenvalue weighted by atomic mass is 9.58. The van der Waals surface area contributed by atoms with E-state index in [1.54, 1.807) is 6.07 Å². The van der Waals surface area contributed by atoms with E-state index in [4.69, 9.17) is 4.65 Å². The van der Waals surface area contributed by atoms with Gasteiger partial charge in [-0.1, -0.05) is 54.1 Å². The SMILES string of the molecule is CC1=C2[C@@H](CC/C(=C/c3ccc(O)c(F)c3)c3ccccc3)OB(O)C[C@@H]2[C@@H]2C(=O)N(Cc3cccs3)C(=O)[C@@H]2C1. The summed E-state index contributed by atoms with van der Waals surface area (Å²) >= 11 is 1.53. The fourth-order valence-electron chi connectivity index (χ4n) is 6.75. The lowest BCUT2D eigenvalue weighted by Crippen LogP contribution is -2.46. The van der Waals surface area contributed by atoms with E-state index in [0.717, 1.165) is 27.2 Å². The molecule has 210 valence electrons. The number of allylic oxidation sites excluding steroid dienone is 2. The summed E-state index contributed by atoms with van der Waals surface area (Å²) in [6.45, 7) is 2.30. The van der Waals surface area contributed by atoms with Crippen molar-refractivity contribution in [1.82, 2.24) is 4.90 Å². The number of carbonyl (C=O) groups is 2.